The van der Waals surface area contributed by atoms with Gasteiger partial charge < -0.3 is 14.2 Å². The van der Waals surface area contributed by atoms with Gasteiger partial charge in [0, 0.05) is 44.7 Å². The maximum Gasteiger partial charge on any atom is 0.257 e. The zero-order chi connectivity index (χ0) is 18.1. The van der Waals surface area contributed by atoms with E-state index in [2.05, 4.69) is 54.2 Å². The Morgan fingerprint density at radius 2 is 2.00 bits per heavy atom. The van der Waals surface area contributed by atoms with Crippen molar-refractivity contribution in [2.45, 2.75) is 6.54 Å². The van der Waals surface area contributed by atoms with Crippen LogP contribution >= 0.6 is 0 Å². The summed E-state index contributed by atoms with van der Waals surface area (Å²) in [4.78, 5) is 19.6. The highest BCUT2D eigenvalue weighted by molar-refractivity contribution is 5.94. The van der Waals surface area contributed by atoms with E-state index in [-0.39, 0.29) is 11.3 Å². The number of carbonyl (C=O) groups is 1. The van der Waals surface area contributed by atoms with Gasteiger partial charge in [-0.15, -0.1) is 0 Å². The van der Waals surface area contributed by atoms with Crippen LogP contribution in [0.15, 0.2) is 53.3 Å². The molecule has 0 aliphatic carbocycles. The third kappa shape index (κ3) is 3.29. The highest BCUT2D eigenvalue weighted by Crippen LogP contribution is 2.43. The van der Waals surface area contributed by atoms with Crippen LogP contribution in [0.4, 0.5) is 0 Å². The van der Waals surface area contributed by atoms with Gasteiger partial charge in [0.05, 0.1) is 11.8 Å². The third-order valence-electron chi connectivity index (χ3n) is 5.77. The van der Waals surface area contributed by atoms with Crippen LogP contribution in [-0.4, -0.2) is 67.4 Å². The molecule has 0 radical (unpaired) electrons. The number of benzene rings is 1. The van der Waals surface area contributed by atoms with Gasteiger partial charge in [0.15, 0.2) is 0 Å². The molecule has 2 atom stereocenters. The first kappa shape index (κ1) is 17.3. The Morgan fingerprint density at radius 3 is 2.69 bits per heavy atom. The molecule has 5 heteroatoms. The molecule has 5 nitrogen and oxygen atoms in total. The second-order valence-electron chi connectivity index (χ2n) is 8.15. The first-order valence-electron chi connectivity index (χ1n) is 9.28. The van der Waals surface area contributed by atoms with E-state index < -0.39 is 0 Å². The summed E-state index contributed by atoms with van der Waals surface area (Å²) < 4.78 is 5.10. The summed E-state index contributed by atoms with van der Waals surface area (Å²) in [7, 11) is 4.26. The zero-order valence-electron chi connectivity index (χ0n) is 15.6. The zero-order valence-corrected chi connectivity index (χ0v) is 15.6. The number of nitrogens with zero attached hydrogens (tertiary/aromatic N) is 3. The molecule has 138 valence electrons. The second kappa shape index (κ2) is 6.89. The van der Waals surface area contributed by atoms with Crippen molar-refractivity contribution in [2.24, 2.45) is 11.3 Å². The van der Waals surface area contributed by atoms with E-state index in [1.54, 1.807) is 18.6 Å². The van der Waals surface area contributed by atoms with Crippen LogP contribution in [-0.2, 0) is 6.54 Å². The van der Waals surface area contributed by atoms with Gasteiger partial charge >= 0.3 is 0 Å². The minimum Gasteiger partial charge on any atom is -0.472 e. The van der Waals surface area contributed by atoms with Gasteiger partial charge in [-0.05, 0) is 31.6 Å². The molecule has 2 aromatic rings. The van der Waals surface area contributed by atoms with E-state index in [4.69, 9.17) is 4.42 Å². The summed E-state index contributed by atoms with van der Waals surface area (Å²) in [5, 5.41) is 0. The molecule has 1 aromatic heterocycles. The van der Waals surface area contributed by atoms with E-state index in [0.717, 1.165) is 39.3 Å². The number of likely N-dealkylation sites (tertiary alicyclic amines) is 2. The van der Waals surface area contributed by atoms with E-state index in [9.17, 15) is 4.79 Å². The molecule has 0 spiro atoms. The van der Waals surface area contributed by atoms with Crippen molar-refractivity contribution in [3.8, 4) is 0 Å². The summed E-state index contributed by atoms with van der Waals surface area (Å²) in [5.74, 6) is 0.616. The van der Waals surface area contributed by atoms with Gasteiger partial charge in [-0.1, -0.05) is 30.3 Å². The highest BCUT2D eigenvalue weighted by atomic mass is 16.3. The van der Waals surface area contributed by atoms with E-state index in [1.165, 1.54) is 5.56 Å². The molecule has 2 saturated heterocycles. The van der Waals surface area contributed by atoms with Crippen molar-refractivity contribution in [1.29, 1.82) is 0 Å². The fraction of sp³-hybridized carbons (Fsp3) is 0.476. The fourth-order valence-electron chi connectivity index (χ4n) is 4.83. The molecule has 4 rings (SSSR count). The third-order valence-corrected chi connectivity index (χ3v) is 5.77. The molecule has 2 aliphatic heterocycles. The van der Waals surface area contributed by atoms with E-state index in [1.807, 2.05) is 4.90 Å². The minimum absolute atomic E-state index is 0.0980. The van der Waals surface area contributed by atoms with Crippen LogP contribution in [0.5, 0.6) is 0 Å². The molecule has 2 aliphatic rings. The molecule has 0 N–H and O–H groups in total. The molecule has 26 heavy (non-hydrogen) atoms. The van der Waals surface area contributed by atoms with Crippen LogP contribution in [0.1, 0.15) is 15.9 Å². The predicted molar refractivity (Wildman–Crippen MR) is 101 cm³/mol. The summed E-state index contributed by atoms with van der Waals surface area (Å²) in [5.41, 5.74) is 2.17. The Bertz CT molecular complexity index is 744. The van der Waals surface area contributed by atoms with Crippen molar-refractivity contribution >= 4 is 5.91 Å². The van der Waals surface area contributed by atoms with Crippen molar-refractivity contribution in [1.82, 2.24) is 14.7 Å². The number of rotatable bonds is 5. The largest absolute Gasteiger partial charge is 0.472 e. The van der Waals surface area contributed by atoms with Crippen molar-refractivity contribution < 1.29 is 9.21 Å². The van der Waals surface area contributed by atoms with Gasteiger partial charge in [-0.3, -0.25) is 9.69 Å². The van der Waals surface area contributed by atoms with Crippen LogP contribution in [0, 0.1) is 11.3 Å². The Balaban J connectivity index is 1.49. The Kier molecular flexibility index (Phi) is 4.59. The number of amides is 1. The van der Waals surface area contributed by atoms with E-state index >= 15 is 0 Å². The second-order valence-corrected chi connectivity index (χ2v) is 8.15. The van der Waals surface area contributed by atoms with E-state index in [0.29, 0.717) is 11.5 Å². The average Bonchev–Trinajstić information content (AvgIpc) is 3.29. The molecule has 0 unspecified atom stereocenters. The topological polar surface area (TPSA) is 39.9 Å². The van der Waals surface area contributed by atoms with Crippen LogP contribution < -0.4 is 0 Å². The Morgan fingerprint density at radius 1 is 1.19 bits per heavy atom. The first-order chi connectivity index (χ1) is 12.6. The van der Waals surface area contributed by atoms with Gasteiger partial charge in [0.1, 0.15) is 6.26 Å². The van der Waals surface area contributed by atoms with Gasteiger partial charge in [0.2, 0.25) is 0 Å². The average molecular weight is 353 g/mol. The van der Waals surface area contributed by atoms with Crippen molar-refractivity contribution in [3.63, 3.8) is 0 Å². The molecule has 2 fully saturated rings. The maximum atomic E-state index is 12.8. The first-order valence-corrected chi connectivity index (χ1v) is 9.28. The highest BCUT2D eigenvalue weighted by Gasteiger charge is 2.53. The van der Waals surface area contributed by atoms with Gasteiger partial charge in [0.25, 0.3) is 5.91 Å². The summed E-state index contributed by atoms with van der Waals surface area (Å²) in [6, 6.07) is 12.4. The van der Waals surface area contributed by atoms with Crippen LogP contribution in [0.2, 0.25) is 0 Å². The SMILES string of the molecule is CN(C)C[C@@]12CN(Cc3ccccc3)C[C@@H]1CN(C(=O)c1ccoc1)C2. The summed E-state index contributed by atoms with van der Waals surface area (Å²) in [6.07, 6.45) is 3.12. The lowest BCUT2D eigenvalue weighted by molar-refractivity contribution is 0.0747. The minimum atomic E-state index is 0.0980. The van der Waals surface area contributed by atoms with Gasteiger partial charge in [-0.2, -0.15) is 0 Å². The molecule has 1 aromatic carbocycles. The monoisotopic (exact) mass is 353 g/mol. The van der Waals surface area contributed by atoms with Crippen molar-refractivity contribution in [3.05, 3.63) is 60.1 Å². The fourth-order valence-corrected chi connectivity index (χ4v) is 4.83. The normalized spacial score (nSPS) is 25.8. The molecular weight excluding hydrogens is 326 g/mol. The number of carbonyl (C=O) groups excluding carboxylic acids is 1. The quantitative estimate of drug-likeness (QED) is 0.828. The Hall–Kier alpha value is -2.11. The molecular formula is C21H27N3O2. The number of hydrogen-bond donors (Lipinski definition) is 0. The summed E-state index contributed by atoms with van der Waals surface area (Å²) in [6.45, 7) is 5.76. The molecule has 0 bridgehead atoms. The lowest BCUT2D eigenvalue weighted by Gasteiger charge is -2.32. The van der Waals surface area contributed by atoms with Crippen molar-refractivity contribution in [2.75, 3.05) is 46.8 Å². The predicted octanol–water partition coefficient (Wildman–Crippen LogP) is 2.42. The number of hydrogen-bond acceptors (Lipinski definition) is 4. The lowest BCUT2D eigenvalue weighted by Crippen LogP contribution is -2.42. The number of fused-ring (bicyclic) bond motifs is 1. The van der Waals surface area contributed by atoms with Crippen LogP contribution in [0.25, 0.3) is 0 Å². The smallest absolute Gasteiger partial charge is 0.257 e. The lowest BCUT2D eigenvalue weighted by atomic mass is 9.80. The van der Waals surface area contributed by atoms with Crippen LogP contribution in [0.3, 0.4) is 0 Å². The standard InChI is InChI=1S/C21H27N3O2/c1-22(2)14-21-15-23(10-17-6-4-3-5-7-17)11-19(21)12-24(16-21)20(25)18-8-9-26-13-18/h3-9,13,19H,10-12,14-16H2,1-2H3/t19-,21+/m1/s1. The molecule has 0 saturated carbocycles. The molecule has 3 heterocycles. The molecule has 1 amide bonds. The van der Waals surface area contributed by atoms with Gasteiger partial charge in [-0.25, -0.2) is 0 Å². The number of furan rings is 1. The summed E-state index contributed by atoms with van der Waals surface area (Å²) >= 11 is 0. The maximum absolute atomic E-state index is 12.8. The Labute approximate surface area is 155 Å².